The number of likely N-dealkylation sites (N-methyl/N-ethyl adjacent to an activating group) is 1. The largest absolute Gasteiger partial charge is 0.451 e. The molecule has 0 aliphatic carbocycles. The predicted molar refractivity (Wildman–Crippen MR) is 78.6 cm³/mol. The topological polar surface area (TPSA) is 51.5 Å². The Morgan fingerprint density at radius 1 is 1.27 bits per heavy atom. The second kappa shape index (κ2) is 6.89. The van der Waals surface area contributed by atoms with Gasteiger partial charge in [-0.1, -0.05) is 12.1 Å². The van der Waals surface area contributed by atoms with Crippen LogP contribution in [0.2, 0.25) is 0 Å². The molecular weight excluding hydrogens is 287 g/mol. The van der Waals surface area contributed by atoms with E-state index in [-0.39, 0.29) is 24.9 Å². The Morgan fingerprint density at radius 3 is 2.68 bits per heavy atom. The molecule has 0 N–H and O–H groups in total. The number of benzene rings is 1. The SMILES string of the molecule is CN(Cc1cccc(F)c1)C(=O)COC(=O)c1cccn1C. The van der Waals surface area contributed by atoms with E-state index in [1.54, 1.807) is 49.1 Å². The number of ether oxygens (including phenoxy) is 1. The highest BCUT2D eigenvalue weighted by molar-refractivity contribution is 5.89. The van der Waals surface area contributed by atoms with Crippen LogP contribution >= 0.6 is 0 Å². The van der Waals surface area contributed by atoms with Crippen LogP contribution in [0.4, 0.5) is 4.39 Å². The molecule has 2 rings (SSSR count). The molecule has 0 saturated heterocycles. The van der Waals surface area contributed by atoms with Gasteiger partial charge in [0.25, 0.3) is 5.91 Å². The summed E-state index contributed by atoms with van der Waals surface area (Å²) < 4.78 is 19.7. The predicted octanol–water partition coefficient (Wildman–Crippen LogP) is 1.98. The van der Waals surface area contributed by atoms with Crippen LogP contribution < -0.4 is 0 Å². The summed E-state index contributed by atoms with van der Waals surface area (Å²) in [5.41, 5.74) is 1.05. The lowest BCUT2D eigenvalue weighted by Crippen LogP contribution is -2.31. The Balaban J connectivity index is 1.86. The van der Waals surface area contributed by atoms with Crippen molar-refractivity contribution in [3.63, 3.8) is 0 Å². The molecule has 1 heterocycles. The Kier molecular flexibility index (Phi) is 4.93. The number of carbonyl (C=O) groups is 2. The van der Waals surface area contributed by atoms with Gasteiger partial charge in [-0.05, 0) is 29.8 Å². The van der Waals surface area contributed by atoms with Crippen LogP contribution in [0.3, 0.4) is 0 Å². The molecule has 0 aliphatic rings. The zero-order chi connectivity index (χ0) is 16.1. The first-order valence-corrected chi connectivity index (χ1v) is 6.74. The van der Waals surface area contributed by atoms with Crippen LogP contribution in [0.15, 0.2) is 42.6 Å². The highest BCUT2D eigenvalue weighted by Crippen LogP contribution is 2.07. The fourth-order valence-electron chi connectivity index (χ4n) is 1.98. The van der Waals surface area contributed by atoms with E-state index >= 15 is 0 Å². The molecule has 1 aromatic heterocycles. The van der Waals surface area contributed by atoms with Crippen molar-refractivity contribution in [1.82, 2.24) is 9.47 Å². The van der Waals surface area contributed by atoms with Crippen molar-refractivity contribution in [2.24, 2.45) is 7.05 Å². The molecule has 5 nitrogen and oxygen atoms in total. The zero-order valence-electron chi connectivity index (χ0n) is 12.5. The first-order chi connectivity index (χ1) is 10.5. The molecule has 0 bridgehead atoms. The second-order valence-electron chi connectivity index (χ2n) is 4.96. The lowest BCUT2D eigenvalue weighted by Gasteiger charge is -2.17. The van der Waals surface area contributed by atoms with Crippen molar-refractivity contribution in [3.05, 3.63) is 59.7 Å². The van der Waals surface area contributed by atoms with E-state index in [1.807, 2.05) is 0 Å². The summed E-state index contributed by atoms with van der Waals surface area (Å²) in [5, 5.41) is 0. The Morgan fingerprint density at radius 2 is 2.05 bits per heavy atom. The first-order valence-electron chi connectivity index (χ1n) is 6.74. The number of nitrogens with zero attached hydrogens (tertiary/aromatic N) is 2. The number of aryl methyl sites for hydroxylation is 1. The molecule has 0 spiro atoms. The van der Waals surface area contributed by atoms with Gasteiger partial charge in [0.15, 0.2) is 6.61 Å². The van der Waals surface area contributed by atoms with Crippen molar-refractivity contribution in [2.75, 3.05) is 13.7 Å². The summed E-state index contributed by atoms with van der Waals surface area (Å²) in [6.07, 6.45) is 1.72. The highest BCUT2D eigenvalue weighted by atomic mass is 19.1. The first kappa shape index (κ1) is 15.8. The maximum atomic E-state index is 13.1. The Labute approximate surface area is 127 Å². The van der Waals surface area contributed by atoms with Gasteiger partial charge in [-0.25, -0.2) is 9.18 Å². The van der Waals surface area contributed by atoms with Crippen molar-refractivity contribution in [1.29, 1.82) is 0 Å². The van der Waals surface area contributed by atoms with E-state index in [0.717, 1.165) is 0 Å². The summed E-state index contributed by atoms with van der Waals surface area (Å²) >= 11 is 0. The average molecular weight is 304 g/mol. The molecular formula is C16H17FN2O3. The third-order valence-corrected chi connectivity index (χ3v) is 3.21. The van der Waals surface area contributed by atoms with E-state index < -0.39 is 5.97 Å². The third-order valence-electron chi connectivity index (χ3n) is 3.21. The zero-order valence-corrected chi connectivity index (χ0v) is 12.5. The number of aromatic nitrogens is 1. The molecule has 0 fully saturated rings. The average Bonchev–Trinajstić information content (AvgIpc) is 2.90. The molecule has 2 aromatic rings. The van der Waals surface area contributed by atoms with Crippen LogP contribution in [0, 0.1) is 5.82 Å². The monoisotopic (exact) mass is 304 g/mol. The van der Waals surface area contributed by atoms with Gasteiger partial charge in [-0.15, -0.1) is 0 Å². The summed E-state index contributed by atoms with van der Waals surface area (Å²) in [5.74, 6) is -1.26. The van der Waals surface area contributed by atoms with Gasteiger partial charge in [0.1, 0.15) is 11.5 Å². The smallest absolute Gasteiger partial charge is 0.355 e. The van der Waals surface area contributed by atoms with Gasteiger partial charge >= 0.3 is 5.97 Å². The third kappa shape index (κ3) is 3.94. The summed E-state index contributed by atoms with van der Waals surface area (Å²) in [6, 6.07) is 9.34. The maximum Gasteiger partial charge on any atom is 0.355 e. The molecule has 6 heteroatoms. The quantitative estimate of drug-likeness (QED) is 0.794. The van der Waals surface area contributed by atoms with E-state index in [2.05, 4.69) is 0 Å². The Hall–Kier alpha value is -2.63. The minimum absolute atomic E-state index is 0.248. The van der Waals surface area contributed by atoms with Crippen molar-refractivity contribution < 1.29 is 18.7 Å². The van der Waals surface area contributed by atoms with E-state index in [9.17, 15) is 14.0 Å². The highest BCUT2D eigenvalue weighted by Gasteiger charge is 2.15. The normalized spacial score (nSPS) is 10.3. The molecule has 0 aliphatic heterocycles. The lowest BCUT2D eigenvalue weighted by atomic mass is 10.2. The van der Waals surface area contributed by atoms with Crippen LogP contribution in [-0.4, -0.2) is 35.0 Å². The number of hydrogen-bond acceptors (Lipinski definition) is 3. The molecule has 0 radical (unpaired) electrons. The molecule has 1 amide bonds. The molecule has 22 heavy (non-hydrogen) atoms. The van der Waals surface area contributed by atoms with Gasteiger partial charge in [-0.3, -0.25) is 4.79 Å². The van der Waals surface area contributed by atoms with Crippen LogP contribution in [0.1, 0.15) is 16.1 Å². The standard InChI is InChI=1S/C16H17FN2O3/c1-18-8-4-7-14(18)16(21)22-11-15(20)19(2)10-12-5-3-6-13(17)9-12/h3-9H,10-11H2,1-2H3. The van der Waals surface area contributed by atoms with E-state index in [0.29, 0.717) is 11.3 Å². The lowest BCUT2D eigenvalue weighted by molar-refractivity contribution is -0.133. The summed E-state index contributed by atoms with van der Waals surface area (Å²) in [7, 11) is 3.29. The number of rotatable bonds is 5. The second-order valence-corrected chi connectivity index (χ2v) is 4.96. The van der Waals surface area contributed by atoms with Crippen molar-refractivity contribution >= 4 is 11.9 Å². The van der Waals surface area contributed by atoms with Crippen LogP contribution in [0.25, 0.3) is 0 Å². The number of hydrogen-bond donors (Lipinski definition) is 0. The van der Waals surface area contributed by atoms with Gasteiger partial charge in [0.05, 0.1) is 0 Å². The number of amides is 1. The fraction of sp³-hybridized carbons (Fsp3) is 0.250. The number of halogens is 1. The summed E-state index contributed by atoms with van der Waals surface area (Å²) in [4.78, 5) is 25.1. The fourth-order valence-corrected chi connectivity index (χ4v) is 1.98. The van der Waals surface area contributed by atoms with Crippen LogP contribution in [-0.2, 0) is 23.1 Å². The van der Waals surface area contributed by atoms with Gasteiger partial charge in [0, 0.05) is 26.8 Å². The van der Waals surface area contributed by atoms with Gasteiger partial charge in [-0.2, -0.15) is 0 Å². The van der Waals surface area contributed by atoms with E-state index in [4.69, 9.17) is 4.74 Å². The minimum Gasteiger partial charge on any atom is -0.451 e. The molecule has 0 unspecified atom stereocenters. The summed E-state index contributed by atoms with van der Waals surface area (Å²) in [6.45, 7) is -0.103. The van der Waals surface area contributed by atoms with E-state index in [1.165, 1.54) is 17.0 Å². The number of carbonyl (C=O) groups excluding carboxylic acids is 2. The molecule has 0 atom stereocenters. The maximum absolute atomic E-state index is 13.1. The van der Waals surface area contributed by atoms with Gasteiger partial charge in [0.2, 0.25) is 0 Å². The molecule has 116 valence electrons. The van der Waals surface area contributed by atoms with Crippen molar-refractivity contribution in [3.8, 4) is 0 Å². The van der Waals surface area contributed by atoms with Gasteiger partial charge < -0.3 is 14.2 Å². The minimum atomic E-state index is -0.556. The molecule has 0 saturated carbocycles. The Bertz CT molecular complexity index is 682. The van der Waals surface area contributed by atoms with Crippen LogP contribution in [0.5, 0.6) is 0 Å². The van der Waals surface area contributed by atoms with Crippen molar-refractivity contribution in [2.45, 2.75) is 6.54 Å². The number of esters is 1. The molecule has 1 aromatic carbocycles.